The molecule has 0 bridgehead atoms. The van der Waals surface area contributed by atoms with E-state index in [9.17, 15) is 9.59 Å². The summed E-state index contributed by atoms with van der Waals surface area (Å²) in [5.74, 6) is -0.983. The molecule has 0 fully saturated rings. The summed E-state index contributed by atoms with van der Waals surface area (Å²) >= 11 is 0. The number of carboxylic acid groups (broad SMARTS) is 1. The molecule has 1 rings (SSSR count). The first-order valence-corrected chi connectivity index (χ1v) is 5.10. The standard InChI is InChI=1S/C12H15NO3/c1-8(2)12(16)13-10-5-3-9(4-6-10)7-11(14)15/h3-6,8H,7H2,1-2H3,(H,13,16)(H,14,15). The van der Waals surface area contributed by atoms with Crippen LogP contribution in [0.15, 0.2) is 24.3 Å². The predicted octanol–water partition coefficient (Wildman–Crippen LogP) is 1.91. The van der Waals surface area contributed by atoms with Gasteiger partial charge in [-0.15, -0.1) is 0 Å². The first-order chi connectivity index (χ1) is 7.49. The fourth-order valence-corrected chi connectivity index (χ4v) is 1.17. The third-order valence-electron chi connectivity index (χ3n) is 2.10. The van der Waals surface area contributed by atoms with Crippen LogP contribution in [0.3, 0.4) is 0 Å². The van der Waals surface area contributed by atoms with E-state index in [-0.39, 0.29) is 18.2 Å². The molecule has 1 aromatic carbocycles. The zero-order valence-electron chi connectivity index (χ0n) is 9.36. The highest BCUT2D eigenvalue weighted by atomic mass is 16.4. The highest BCUT2D eigenvalue weighted by Gasteiger charge is 2.07. The van der Waals surface area contributed by atoms with Gasteiger partial charge in [0.25, 0.3) is 0 Å². The number of rotatable bonds is 4. The van der Waals surface area contributed by atoms with E-state index in [0.29, 0.717) is 5.69 Å². The lowest BCUT2D eigenvalue weighted by molar-refractivity contribution is -0.136. The van der Waals surface area contributed by atoms with Gasteiger partial charge in [-0.1, -0.05) is 26.0 Å². The summed E-state index contributed by atoms with van der Waals surface area (Å²) in [6, 6.07) is 6.81. The van der Waals surface area contributed by atoms with E-state index in [1.165, 1.54) is 0 Å². The molecule has 86 valence electrons. The van der Waals surface area contributed by atoms with E-state index in [1.54, 1.807) is 24.3 Å². The molecule has 4 nitrogen and oxygen atoms in total. The largest absolute Gasteiger partial charge is 0.481 e. The second kappa shape index (κ2) is 5.30. The molecular formula is C12H15NO3. The number of amides is 1. The molecule has 2 N–H and O–H groups in total. The summed E-state index contributed by atoms with van der Waals surface area (Å²) < 4.78 is 0. The minimum Gasteiger partial charge on any atom is -0.481 e. The number of carboxylic acids is 1. The summed E-state index contributed by atoms with van der Waals surface area (Å²) in [5, 5.41) is 11.3. The number of carbonyl (C=O) groups is 2. The molecule has 0 aliphatic rings. The lowest BCUT2D eigenvalue weighted by atomic mass is 10.1. The van der Waals surface area contributed by atoms with Gasteiger partial charge in [-0.25, -0.2) is 0 Å². The molecule has 0 saturated carbocycles. The molecule has 1 aromatic rings. The zero-order valence-corrected chi connectivity index (χ0v) is 9.36. The van der Waals surface area contributed by atoms with Crippen molar-refractivity contribution in [1.29, 1.82) is 0 Å². The fourth-order valence-electron chi connectivity index (χ4n) is 1.17. The van der Waals surface area contributed by atoms with Crippen LogP contribution >= 0.6 is 0 Å². The van der Waals surface area contributed by atoms with Crippen LogP contribution in [0, 0.1) is 5.92 Å². The molecule has 0 aliphatic heterocycles. The van der Waals surface area contributed by atoms with E-state index >= 15 is 0 Å². The van der Waals surface area contributed by atoms with Crippen LogP contribution in [-0.4, -0.2) is 17.0 Å². The Kier molecular flexibility index (Phi) is 4.05. The molecule has 1 amide bonds. The van der Waals surface area contributed by atoms with Gasteiger partial charge in [0.2, 0.25) is 5.91 Å². The van der Waals surface area contributed by atoms with E-state index in [0.717, 1.165) is 5.56 Å². The van der Waals surface area contributed by atoms with Crippen molar-refractivity contribution in [2.75, 3.05) is 5.32 Å². The van der Waals surface area contributed by atoms with Crippen LogP contribution in [0.25, 0.3) is 0 Å². The van der Waals surface area contributed by atoms with Crippen LogP contribution in [0.1, 0.15) is 19.4 Å². The Labute approximate surface area is 94.3 Å². The normalized spacial score (nSPS) is 10.2. The van der Waals surface area contributed by atoms with E-state index < -0.39 is 5.97 Å². The van der Waals surface area contributed by atoms with Crippen LogP contribution in [0.5, 0.6) is 0 Å². The molecule has 0 unspecified atom stereocenters. The van der Waals surface area contributed by atoms with E-state index in [4.69, 9.17) is 5.11 Å². The quantitative estimate of drug-likeness (QED) is 0.816. The zero-order chi connectivity index (χ0) is 12.1. The molecule has 0 radical (unpaired) electrons. The molecule has 4 heteroatoms. The second-order valence-electron chi connectivity index (χ2n) is 3.91. The van der Waals surface area contributed by atoms with Gasteiger partial charge in [0.1, 0.15) is 0 Å². The first kappa shape index (κ1) is 12.2. The molecule has 0 aliphatic carbocycles. The lowest BCUT2D eigenvalue weighted by Crippen LogP contribution is -2.17. The Hall–Kier alpha value is -1.84. The highest BCUT2D eigenvalue weighted by molar-refractivity contribution is 5.92. The van der Waals surface area contributed by atoms with Crippen molar-refractivity contribution in [2.45, 2.75) is 20.3 Å². The minimum atomic E-state index is -0.862. The van der Waals surface area contributed by atoms with Gasteiger partial charge >= 0.3 is 5.97 Å². The number of hydrogen-bond acceptors (Lipinski definition) is 2. The minimum absolute atomic E-state index is 0.00158. The molecule has 0 atom stereocenters. The van der Waals surface area contributed by atoms with Gasteiger partial charge in [0.05, 0.1) is 6.42 Å². The number of nitrogens with one attached hydrogen (secondary N) is 1. The average Bonchev–Trinajstić information content (AvgIpc) is 2.20. The van der Waals surface area contributed by atoms with Gasteiger partial charge in [-0.05, 0) is 17.7 Å². The van der Waals surface area contributed by atoms with Gasteiger partial charge in [0, 0.05) is 11.6 Å². The molecule has 0 aromatic heterocycles. The monoisotopic (exact) mass is 221 g/mol. The topological polar surface area (TPSA) is 66.4 Å². The number of aliphatic carboxylic acids is 1. The second-order valence-corrected chi connectivity index (χ2v) is 3.91. The Morgan fingerprint density at radius 2 is 1.81 bits per heavy atom. The summed E-state index contributed by atoms with van der Waals surface area (Å²) in [5.41, 5.74) is 1.41. The Morgan fingerprint density at radius 3 is 2.25 bits per heavy atom. The van der Waals surface area contributed by atoms with Gasteiger partial charge < -0.3 is 10.4 Å². The summed E-state index contributed by atoms with van der Waals surface area (Å²) in [6.07, 6.45) is -0.00158. The fraction of sp³-hybridized carbons (Fsp3) is 0.333. The van der Waals surface area contributed by atoms with Crippen molar-refractivity contribution < 1.29 is 14.7 Å². The highest BCUT2D eigenvalue weighted by Crippen LogP contribution is 2.11. The van der Waals surface area contributed by atoms with Gasteiger partial charge in [-0.2, -0.15) is 0 Å². The van der Waals surface area contributed by atoms with E-state index in [1.807, 2.05) is 13.8 Å². The summed E-state index contributed by atoms with van der Waals surface area (Å²) in [6.45, 7) is 3.63. The van der Waals surface area contributed by atoms with E-state index in [2.05, 4.69) is 5.32 Å². The third kappa shape index (κ3) is 3.73. The van der Waals surface area contributed by atoms with Gasteiger partial charge in [0.15, 0.2) is 0 Å². The van der Waals surface area contributed by atoms with Crippen molar-refractivity contribution in [1.82, 2.24) is 0 Å². The maximum atomic E-state index is 11.4. The number of anilines is 1. The van der Waals surface area contributed by atoms with Crippen LogP contribution in [0.4, 0.5) is 5.69 Å². The summed E-state index contributed by atoms with van der Waals surface area (Å²) in [7, 11) is 0. The Morgan fingerprint density at radius 1 is 1.25 bits per heavy atom. The Balaban J connectivity index is 2.64. The maximum absolute atomic E-state index is 11.4. The average molecular weight is 221 g/mol. The number of carbonyl (C=O) groups excluding carboxylic acids is 1. The number of hydrogen-bond donors (Lipinski definition) is 2. The first-order valence-electron chi connectivity index (χ1n) is 5.10. The Bertz CT molecular complexity index is 382. The van der Waals surface area contributed by atoms with Crippen LogP contribution in [-0.2, 0) is 16.0 Å². The molecule has 0 heterocycles. The van der Waals surface area contributed by atoms with Crippen molar-refractivity contribution >= 4 is 17.6 Å². The van der Waals surface area contributed by atoms with Crippen molar-refractivity contribution in [3.63, 3.8) is 0 Å². The summed E-state index contributed by atoms with van der Waals surface area (Å²) in [4.78, 5) is 21.8. The maximum Gasteiger partial charge on any atom is 0.307 e. The molecule has 0 spiro atoms. The SMILES string of the molecule is CC(C)C(=O)Nc1ccc(CC(=O)O)cc1. The predicted molar refractivity (Wildman–Crippen MR) is 61.2 cm³/mol. The lowest BCUT2D eigenvalue weighted by Gasteiger charge is -2.07. The van der Waals surface area contributed by atoms with Crippen molar-refractivity contribution in [3.8, 4) is 0 Å². The molecule has 0 saturated heterocycles. The molecular weight excluding hydrogens is 206 g/mol. The number of benzene rings is 1. The molecule has 16 heavy (non-hydrogen) atoms. The van der Waals surface area contributed by atoms with Gasteiger partial charge in [-0.3, -0.25) is 9.59 Å². The smallest absolute Gasteiger partial charge is 0.307 e. The van der Waals surface area contributed by atoms with Crippen LogP contribution < -0.4 is 5.32 Å². The van der Waals surface area contributed by atoms with Crippen LogP contribution in [0.2, 0.25) is 0 Å². The van der Waals surface area contributed by atoms with Crippen molar-refractivity contribution in [3.05, 3.63) is 29.8 Å². The third-order valence-corrected chi connectivity index (χ3v) is 2.10. The van der Waals surface area contributed by atoms with Crippen molar-refractivity contribution in [2.24, 2.45) is 5.92 Å².